The molecule has 0 aromatic heterocycles. The number of hydrogen-bond donors (Lipinski definition) is 3. The van der Waals surface area contributed by atoms with E-state index in [0.29, 0.717) is 0 Å². The summed E-state index contributed by atoms with van der Waals surface area (Å²) in [4.78, 5) is 47.9. The molecule has 3 rings (SSSR count). The minimum atomic E-state index is -1.22. The van der Waals surface area contributed by atoms with Gasteiger partial charge in [-0.25, -0.2) is 4.79 Å². The third-order valence-corrected chi connectivity index (χ3v) is 4.54. The topological polar surface area (TPSA) is 159 Å². The lowest BCUT2D eigenvalue weighted by Crippen LogP contribution is -2.54. The van der Waals surface area contributed by atoms with Crippen molar-refractivity contribution in [2.45, 2.75) is 0 Å². The van der Waals surface area contributed by atoms with E-state index in [1.807, 2.05) is 0 Å². The van der Waals surface area contributed by atoms with Gasteiger partial charge in [-0.3, -0.25) is 29.9 Å². The van der Waals surface area contributed by atoms with E-state index in [1.165, 1.54) is 37.4 Å². The van der Waals surface area contributed by atoms with Gasteiger partial charge in [0.25, 0.3) is 11.8 Å². The molecule has 1 heterocycles. The summed E-state index contributed by atoms with van der Waals surface area (Å²) in [7, 11) is 1.18. The second kappa shape index (κ2) is 8.20. The first kappa shape index (κ1) is 21.4. The van der Waals surface area contributed by atoms with E-state index in [0.717, 1.165) is 17.0 Å². The average Bonchev–Trinajstić information content (AvgIpc) is 2.71. The SMILES string of the molecule is COc1cc(C=C2C(=O)NC(=S)N(c3cccc(C(=O)O)c3)C2=O)cc([N+](=O)[O-])c1O. The normalized spacial score (nSPS) is 15.1. The van der Waals surface area contributed by atoms with Gasteiger partial charge in [-0.2, -0.15) is 0 Å². The summed E-state index contributed by atoms with van der Waals surface area (Å²) in [6, 6.07) is 7.53. The molecule has 2 aromatic carbocycles. The van der Waals surface area contributed by atoms with E-state index in [9.17, 15) is 29.6 Å². The van der Waals surface area contributed by atoms with Crippen LogP contribution in [0.2, 0.25) is 0 Å². The monoisotopic (exact) mass is 443 g/mol. The number of nitro groups is 1. The van der Waals surface area contributed by atoms with Gasteiger partial charge in [-0.1, -0.05) is 6.07 Å². The quantitative estimate of drug-likeness (QED) is 0.206. The number of nitrogens with zero attached hydrogens (tertiary/aromatic N) is 2. The molecule has 12 heteroatoms. The number of carboxylic acids is 1. The van der Waals surface area contributed by atoms with Gasteiger partial charge in [0.15, 0.2) is 10.9 Å². The summed E-state index contributed by atoms with van der Waals surface area (Å²) < 4.78 is 4.91. The predicted octanol–water partition coefficient (Wildman–Crippen LogP) is 1.84. The Morgan fingerprint density at radius 3 is 2.61 bits per heavy atom. The van der Waals surface area contributed by atoms with Crippen LogP contribution >= 0.6 is 12.2 Å². The van der Waals surface area contributed by atoms with Crippen molar-refractivity contribution in [1.29, 1.82) is 0 Å². The molecule has 0 unspecified atom stereocenters. The number of carboxylic acid groups (broad SMARTS) is 1. The molecule has 0 bridgehead atoms. The third kappa shape index (κ3) is 4.04. The number of ether oxygens (including phenoxy) is 1. The molecule has 0 aliphatic carbocycles. The first-order valence-corrected chi connectivity index (χ1v) is 8.85. The highest BCUT2D eigenvalue weighted by Crippen LogP contribution is 2.37. The zero-order valence-electron chi connectivity index (χ0n) is 15.7. The summed E-state index contributed by atoms with van der Waals surface area (Å²) in [6.07, 6.45) is 1.07. The summed E-state index contributed by atoms with van der Waals surface area (Å²) in [5, 5.41) is 32.3. The number of nitrogens with one attached hydrogen (secondary N) is 1. The van der Waals surface area contributed by atoms with Crippen molar-refractivity contribution in [1.82, 2.24) is 5.32 Å². The van der Waals surface area contributed by atoms with Crippen molar-refractivity contribution >= 4 is 52.6 Å². The smallest absolute Gasteiger partial charge is 0.335 e. The fourth-order valence-corrected chi connectivity index (χ4v) is 3.11. The molecule has 0 saturated carbocycles. The molecule has 1 saturated heterocycles. The molecule has 0 radical (unpaired) electrons. The van der Waals surface area contributed by atoms with Gasteiger partial charge >= 0.3 is 11.7 Å². The number of aromatic hydroxyl groups is 1. The molecule has 3 N–H and O–H groups in total. The number of phenolic OH excluding ortho intramolecular Hbond substituents is 1. The lowest BCUT2D eigenvalue weighted by molar-refractivity contribution is -0.386. The number of carbonyl (C=O) groups excluding carboxylic acids is 2. The first-order chi connectivity index (χ1) is 14.6. The van der Waals surface area contributed by atoms with Crippen molar-refractivity contribution in [3.8, 4) is 11.5 Å². The molecule has 1 aliphatic rings. The Hall–Kier alpha value is -4.32. The maximum absolute atomic E-state index is 13.0. The van der Waals surface area contributed by atoms with Gasteiger partial charge in [0.05, 0.1) is 23.3 Å². The van der Waals surface area contributed by atoms with Crippen LogP contribution in [0.15, 0.2) is 42.0 Å². The Balaban J connectivity index is 2.10. The van der Waals surface area contributed by atoms with E-state index in [2.05, 4.69) is 5.32 Å². The zero-order valence-corrected chi connectivity index (χ0v) is 16.5. The van der Waals surface area contributed by atoms with Crippen LogP contribution in [0.1, 0.15) is 15.9 Å². The fraction of sp³-hybridized carbons (Fsp3) is 0.0526. The van der Waals surface area contributed by atoms with Gasteiger partial charge in [-0.05, 0) is 48.1 Å². The number of carbonyl (C=O) groups is 3. The number of aromatic carboxylic acids is 1. The number of nitro benzene ring substituents is 1. The highest BCUT2D eigenvalue weighted by atomic mass is 32.1. The van der Waals surface area contributed by atoms with Crippen LogP contribution in [0.25, 0.3) is 6.08 Å². The highest BCUT2D eigenvalue weighted by molar-refractivity contribution is 7.80. The Kier molecular flexibility index (Phi) is 5.66. The number of hydrogen-bond acceptors (Lipinski definition) is 8. The lowest BCUT2D eigenvalue weighted by atomic mass is 10.1. The van der Waals surface area contributed by atoms with Crippen LogP contribution < -0.4 is 15.0 Å². The van der Waals surface area contributed by atoms with Gasteiger partial charge in [0, 0.05) is 6.07 Å². The molecule has 0 atom stereocenters. The van der Waals surface area contributed by atoms with Crippen molar-refractivity contribution in [3.63, 3.8) is 0 Å². The van der Waals surface area contributed by atoms with Crippen molar-refractivity contribution in [2.75, 3.05) is 12.0 Å². The van der Waals surface area contributed by atoms with Gasteiger partial charge in [0.1, 0.15) is 5.57 Å². The molecule has 1 aliphatic heterocycles. The second-order valence-corrected chi connectivity index (χ2v) is 6.55. The molecular weight excluding hydrogens is 430 g/mol. The molecule has 2 aromatic rings. The Morgan fingerprint density at radius 2 is 2.00 bits per heavy atom. The summed E-state index contributed by atoms with van der Waals surface area (Å²) >= 11 is 5.06. The van der Waals surface area contributed by atoms with Crippen molar-refractivity contribution < 1.29 is 34.3 Å². The number of rotatable bonds is 5. The second-order valence-electron chi connectivity index (χ2n) is 6.16. The Bertz CT molecular complexity index is 1190. The lowest BCUT2D eigenvalue weighted by Gasteiger charge is -2.29. The number of amides is 2. The van der Waals surface area contributed by atoms with Crippen LogP contribution in [-0.2, 0) is 9.59 Å². The predicted molar refractivity (Wildman–Crippen MR) is 111 cm³/mol. The van der Waals surface area contributed by atoms with Crippen LogP contribution in [-0.4, -0.2) is 45.1 Å². The van der Waals surface area contributed by atoms with E-state index < -0.39 is 39.7 Å². The first-order valence-electron chi connectivity index (χ1n) is 8.44. The highest BCUT2D eigenvalue weighted by Gasteiger charge is 2.35. The number of benzene rings is 2. The van der Waals surface area contributed by atoms with E-state index in [1.54, 1.807) is 0 Å². The van der Waals surface area contributed by atoms with Crippen molar-refractivity contribution in [3.05, 3.63) is 63.2 Å². The molecular formula is C19H13N3O8S. The average molecular weight is 443 g/mol. The van der Waals surface area contributed by atoms with Gasteiger partial charge < -0.3 is 14.9 Å². The number of phenols is 1. The molecule has 2 amide bonds. The molecule has 1 fully saturated rings. The molecule has 0 spiro atoms. The number of anilines is 1. The van der Waals surface area contributed by atoms with E-state index >= 15 is 0 Å². The number of thiocarbonyl (C=S) groups is 1. The molecule has 31 heavy (non-hydrogen) atoms. The van der Waals surface area contributed by atoms with Gasteiger partial charge in [-0.15, -0.1) is 0 Å². The summed E-state index contributed by atoms with van der Waals surface area (Å²) in [5.41, 5.74) is -1.07. The van der Waals surface area contributed by atoms with Crippen LogP contribution in [0.3, 0.4) is 0 Å². The van der Waals surface area contributed by atoms with E-state index in [-0.39, 0.29) is 27.7 Å². The maximum atomic E-state index is 13.0. The maximum Gasteiger partial charge on any atom is 0.335 e. The van der Waals surface area contributed by atoms with Crippen LogP contribution in [0.4, 0.5) is 11.4 Å². The summed E-state index contributed by atoms with van der Waals surface area (Å²) in [5.74, 6) is -3.88. The minimum Gasteiger partial charge on any atom is -0.500 e. The van der Waals surface area contributed by atoms with Crippen molar-refractivity contribution in [2.24, 2.45) is 0 Å². The number of methoxy groups -OCH3 is 1. The summed E-state index contributed by atoms with van der Waals surface area (Å²) in [6.45, 7) is 0. The van der Waals surface area contributed by atoms with E-state index in [4.69, 9.17) is 22.1 Å². The zero-order chi connectivity index (χ0) is 22.9. The standard InChI is InChI=1S/C19H13N3O8S/c1-30-14-7-9(6-13(15(14)23)22(28)29)5-12-16(24)20-19(31)21(17(12)25)11-4-2-3-10(8-11)18(26)27/h2-8,23H,1H3,(H,26,27)(H,20,24,31). The van der Waals surface area contributed by atoms with Crippen LogP contribution in [0, 0.1) is 10.1 Å². The largest absolute Gasteiger partial charge is 0.500 e. The molecule has 158 valence electrons. The fourth-order valence-electron chi connectivity index (χ4n) is 2.83. The Morgan fingerprint density at radius 1 is 1.29 bits per heavy atom. The van der Waals surface area contributed by atoms with Crippen LogP contribution in [0.5, 0.6) is 11.5 Å². The molecule has 11 nitrogen and oxygen atoms in total. The third-order valence-electron chi connectivity index (χ3n) is 4.26. The van der Waals surface area contributed by atoms with Gasteiger partial charge in [0.2, 0.25) is 5.75 Å². The minimum absolute atomic E-state index is 0.0342. The Labute approximate surface area is 179 Å².